The molecule has 3 aromatic carbocycles. The highest BCUT2D eigenvalue weighted by molar-refractivity contribution is 7.78. The zero-order valence-corrected chi connectivity index (χ0v) is 21.2. The maximum absolute atomic E-state index is 15.1. The molecular weight excluding hydrogens is 419 g/mol. The number of hydrogen-bond acceptors (Lipinski definition) is 3. The predicted molar refractivity (Wildman–Crippen MR) is 134 cm³/mol. The Morgan fingerprint density at radius 3 is 1.61 bits per heavy atom. The van der Waals surface area contributed by atoms with Crippen LogP contribution in [0.4, 0.5) is 0 Å². The minimum atomic E-state index is -3.17. The van der Waals surface area contributed by atoms with E-state index in [9.17, 15) is 0 Å². The van der Waals surface area contributed by atoms with Gasteiger partial charge in [0.1, 0.15) is 11.6 Å². The zero-order valence-electron chi connectivity index (χ0n) is 19.3. The van der Waals surface area contributed by atoms with Gasteiger partial charge in [-0.1, -0.05) is 93.6 Å². The summed E-state index contributed by atoms with van der Waals surface area (Å²) in [4.78, 5) is 0. The summed E-state index contributed by atoms with van der Waals surface area (Å²) in [5.41, 5.74) is 0.904. The number of benzene rings is 3. The van der Waals surface area contributed by atoms with Gasteiger partial charge in [-0.25, -0.2) is 0 Å². The molecule has 0 saturated carbocycles. The largest absolute Gasteiger partial charge is 0.497 e. The second-order valence-corrected chi connectivity index (χ2v) is 16.9. The number of hydrogen-bond donors (Lipinski definition) is 0. The van der Waals surface area contributed by atoms with Gasteiger partial charge in [0.15, 0.2) is 15.5 Å². The van der Waals surface area contributed by atoms with E-state index in [0.29, 0.717) is 0 Å². The van der Waals surface area contributed by atoms with Crippen molar-refractivity contribution < 1.29 is 13.7 Å². The van der Waals surface area contributed by atoms with E-state index in [0.717, 1.165) is 21.9 Å². The van der Waals surface area contributed by atoms with Gasteiger partial charge in [-0.15, -0.1) is 0 Å². The summed E-state index contributed by atoms with van der Waals surface area (Å²) in [5.74, 6) is 0.188. The van der Waals surface area contributed by atoms with Crippen LogP contribution in [0.1, 0.15) is 32.2 Å². The number of methoxy groups -OCH3 is 1. The zero-order chi connectivity index (χ0) is 22.7. The van der Waals surface area contributed by atoms with E-state index in [1.807, 2.05) is 84.9 Å². The lowest BCUT2D eigenvalue weighted by Gasteiger charge is -2.41. The molecule has 0 N–H and O–H groups in total. The molecule has 0 amide bonds. The second-order valence-electron chi connectivity index (χ2n) is 9.33. The van der Waals surface area contributed by atoms with Gasteiger partial charge in [0, 0.05) is 10.6 Å². The maximum atomic E-state index is 15.1. The van der Waals surface area contributed by atoms with Gasteiger partial charge in [0.2, 0.25) is 0 Å². The average Bonchev–Trinajstić information content (AvgIpc) is 2.77. The molecule has 0 bridgehead atoms. The predicted octanol–water partition coefficient (Wildman–Crippen LogP) is 6.73. The molecular formula is C26H33O3PSi. The van der Waals surface area contributed by atoms with Crippen molar-refractivity contribution in [1.29, 1.82) is 0 Å². The highest BCUT2D eigenvalue weighted by atomic mass is 31.2. The van der Waals surface area contributed by atoms with E-state index in [-0.39, 0.29) is 5.04 Å². The van der Waals surface area contributed by atoms with Crippen molar-refractivity contribution in [2.75, 3.05) is 7.11 Å². The Hall–Kier alpha value is -2.13. The van der Waals surface area contributed by atoms with Crippen LogP contribution in [0.15, 0.2) is 84.9 Å². The molecule has 0 aromatic heterocycles. The van der Waals surface area contributed by atoms with Crippen LogP contribution in [-0.2, 0) is 8.99 Å². The molecule has 3 rings (SSSR count). The summed E-state index contributed by atoms with van der Waals surface area (Å²) in [5, 5.41) is 1.59. The molecule has 0 aliphatic carbocycles. The van der Waals surface area contributed by atoms with E-state index >= 15 is 4.57 Å². The lowest BCUT2D eigenvalue weighted by atomic mass is 10.2. The van der Waals surface area contributed by atoms with Crippen molar-refractivity contribution >= 4 is 26.1 Å². The quantitative estimate of drug-likeness (QED) is 0.294. The number of ether oxygens (including phenoxy) is 1. The van der Waals surface area contributed by atoms with Crippen molar-refractivity contribution in [3.05, 3.63) is 90.5 Å². The van der Waals surface area contributed by atoms with Crippen molar-refractivity contribution in [3.8, 4) is 5.75 Å². The van der Waals surface area contributed by atoms with Crippen LogP contribution in [0.5, 0.6) is 5.75 Å². The normalized spacial score (nSPS) is 13.6. The fourth-order valence-corrected chi connectivity index (χ4v) is 8.39. The third-order valence-electron chi connectivity index (χ3n) is 6.22. The first-order valence-electron chi connectivity index (χ1n) is 10.6. The van der Waals surface area contributed by atoms with Crippen molar-refractivity contribution in [2.45, 2.75) is 44.7 Å². The van der Waals surface area contributed by atoms with Crippen molar-refractivity contribution in [3.63, 3.8) is 0 Å². The molecule has 0 aliphatic rings. The van der Waals surface area contributed by atoms with Crippen LogP contribution in [0.25, 0.3) is 0 Å². The first-order chi connectivity index (χ1) is 14.6. The summed E-state index contributed by atoms with van der Waals surface area (Å²) in [6, 6.07) is 27.3. The molecule has 0 saturated heterocycles. The summed E-state index contributed by atoms with van der Waals surface area (Å²) < 4.78 is 27.5. The van der Waals surface area contributed by atoms with Crippen LogP contribution in [-0.4, -0.2) is 15.4 Å². The maximum Gasteiger partial charge on any atom is 0.193 e. The Kier molecular flexibility index (Phi) is 6.95. The monoisotopic (exact) mass is 452 g/mol. The molecule has 31 heavy (non-hydrogen) atoms. The molecule has 0 unspecified atom stereocenters. The number of rotatable bonds is 7. The topological polar surface area (TPSA) is 35.5 Å². The van der Waals surface area contributed by atoms with Gasteiger partial charge in [0.05, 0.1) is 7.11 Å². The molecule has 5 heteroatoms. The van der Waals surface area contributed by atoms with E-state index in [4.69, 9.17) is 9.16 Å². The fraction of sp³-hybridized carbons (Fsp3) is 0.308. The molecule has 0 fully saturated rings. The Bertz CT molecular complexity index is 982. The Morgan fingerprint density at radius 1 is 0.774 bits per heavy atom. The average molecular weight is 453 g/mol. The highest BCUT2D eigenvalue weighted by Crippen LogP contribution is 2.60. The molecule has 1 atom stereocenters. The summed E-state index contributed by atoms with van der Waals surface area (Å²) in [6.45, 7) is 11.1. The SMILES string of the molecule is COc1ccc([C@@H](O[Si](C)(C)C(C)(C)C)P(=O)(c2ccccc2)c2ccccc2)cc1. The van der Waals surface area contributed by atoms with Crippen LogP contribution in [0, 0.1) is 0 Å². The van der Waals surface area contributed by atoms with Gasteiger partial charge in [-0.2, -0.15) is 0 Å². The first kappa shape index (κ1) is 23.5. The lowest BCUT2D eigenvalue weighted by molar-refractivity contribution is 0.254. The van der Waals surface area contributed by atoms with E-state index in [1.54, 1.807) is 7.11 Å². The third kappa shape index (κ3) is 4.87. The second kappa shape index (κ2) is 9.16. The van der Waals surface area contributed by atoms with Gasteiger partial charge < -0.3 is 13.7 Å². The first-order valence-corrected chi connectivity index (χ1v) is 15.3. The minimum Gasteiger partial charge on any atom is -0.497 e. The molecule has 3 aromatic rings. The van der Waals surface area contributed by atoms with E-state index in [2.05, 4.69) is 33.9 Å². The summed E-state index contributed by atoms with van der Waals surface area (Å²) >= 11 is 0. The third-order valence-corrected chi connectivity index (χ3v) is 14.1. The van der Waals surface area contributed by atoms with Gasteiger partial charge in [-0.05, 0) is 35.8 Å². The minimum absolute atomic E-state index is 0.0179. The molecule has 0 radical (unpaired) electrons. The molecule has 0 spiro atoms. The van der Waals surface area contributed by atoms with Gasteiger partial charge >= 0.3 is 0 Å². The lowest BCUT2D eigenvalue weighted by Crippen LogP contribution is -2.43. The summed E-state index contributed by atoms with van der Waals surface area (Å²) in [6.07, 6.45) is 0. The molecule has 0 aliphatic heterocycles. The smallest absolute Gasteiger partial charge is 0.193 e. The molecule has 3 nitrogen and oxygen atoms in total. The Balaban J connectivity index is 2.26. The Morgan fingerprint density at radius 2 is 1.23 bits per heavy atom. The highest BCUT2D eigenvalue weighted by Gasteiger charge is 2.46. The van der Waals surface area contributed by atoms with Crippen LogP contribution < -0.4 is 15.3 Å². The van der Waals surface area contributed by atoms with E-state index in [1.165, 1.54) is 0 Å². The molecule has 0 heterocycles. The van der Waals surface area contributed by atoms with Crippen LogP contribution >= 0.6 is 7.14 Å². The van der Waals surface area contributed by atoms with Crippen LogP contribution in [0.3, 0.4) is 0 Å². The van der Waals surface area contributed by atoms with Crippen molar-refractivity contribution in [1.82, 2.24) is 0 Å². The van der Waals surface area contributed by atoms with Crippen LogP contribution in [0.2, 0.25) is 18.1 Å². The van der Waals surface area contributed by atoms with Crippen molar-refractivity contribution in [2.24, 2.45) is 0 Å². The van der Waals surface area contributed by atoms with Gasteiger partial charge in [-0.3, -0.25) is 0 Å². The Labute approximate surface area is 187 Å². The van der Waals surface area contributed by atoms with Gasteiger partial charge in [0.25, 0.3) is 0 Å². The van der Waals surface area contributed by atoms with E-state index < -0.39 is 21.3 Å². The summed E-state index contributed by atoms with van der Waals surface area (Å²) in [7, 11) is -3.78. The molecule has 164 valence electrons. The fourth-order valence-electron chi connectivity index (χ4n) is 3.30. The standard InChI is InChI=1S/C26H33O3PSi/c1-26(2,3)31(5,6)29-25(21-17-19-22(28-4)20-18-21)30(27,23-13-9-7-10-14-23)24-15-11-8-12-16-24/h7-20,25H,1-6H3/t25-/m0/s1.